The lowest BCUT2D eigenvalue weighted by Crippen LogP contribution is -2.18. The van der Waals surface area contributed by atoms with Gasteiger partial charge in [-0.2, -0.15) is 10.1 Å². The number of nitrogens with zero attached hydrogens (tertiary/aromatic N) is 4. The third kappa shape index (κ3) is 2.68. The van der Waals surface area contributed by atoms with Crippen molar-refractivity contribution < 1.29 is 4.52 Å². The van der Waals surface area contributed by atoms with Gasteiger partial charge in [0.25, 0.3) is 0 Å². The monoisotopic (exact) mass is 261 g/mol. The SMILES string of the molecule is Cc1n[nH]c(C)c1CN(C)Cc1noc(C2CC2)n1. The summed E-state index contributed by atoms with van der Waals surface area (Å²) >= 11 is 0. The smallest absolute Gasteiger partial charge is 0.229 e. The van der Waals surface area contributed by atoms with E-state index in [1.165, 1.54) is 18.4 Å². The average Bonchev–Trinajstić information content (AvgIpc) is 3.06. The molecule has 1 fully saturated rings. The largest absolute Gasteiger partial charge is 0.339 e. The van der Waals surface area contributed by atoms with E-state index in [1.54, 1.807) is 0 Å². The van der Waals surface area contributed by atoms with Crippen molar-refractivity contribution in [2.24, 2.45) is 0 Å². The molecule has 2 heterocycles. The quantitative estimate of drug-likeness (QED) is 0.890. The molecule has 1 aliphatic carbocycles. The number of aromatic nitrogens is 4. The number of H-pyrrole nitrogens is 1. The van der Waals surface area contributed by atoms with Gasteiger partial charge in [0.1, 0.15) is 0 Å². The van der Waals surface area contributed by atoms with Crippen LogP contribution in [0, 0.1) is 13.8 Å². The van der Waals surface area contributed by atoms with Crippen LogP contribution in [0.15, 0.2) is 4.52 Å². The van der Waals surface area contributed by atoms with Crippen LogP contribution in [0.3, 0.4) is 0 Å². The molecule has 102 valence electrons. The lowest BCUT2D eigenvalue weighted by molar-refractivity contribution is 0.298. The van der Waals surface area contributed by atoms with Crippen molar-refractivity contribution in [1.82, 2.24) is 25.2 Å². The first-order valence-corrected chi connectivity index (χ1v) is 6.65. The van der Waals surface area contributed by atoms with Crippen molar-refractivity contribution in [3.05, 3.63) is 28.7 Å². The third-order valence-electron chi connectivity index (χ3n) is 3.53. The van der Waals surface area contributed by atoms with E-state index in [0.717, 1.165) is 29.6 Å². The Morgan fingerprint density at radius 3 is 2.74 bits per heavy atom. The molecule has 2 aromatic rings. The average molecular weight is 261 g/mol. The number of aryl methyl sites for hydroxylation is 2. The van der Waals surface area contributed by atoms with Crippen LogP contribution >= 0.6 is 0 Å². The molecular weight excluding hydrogens is 242 g/mol. The van der Waals surface area contributed by atoms with Crippen molar-refractivity contribution in [3.63, 3.8) is 0 Å². The molecule has 0 aliphatic heterocycles. The van der Waals surface area contributed by atoms with Gasteiger partial charge in [0.05, 0.1) is 12.2 Å². The van der Waals surface area contributed by atoms with Crippen LogP contribution in [0.1, 0.15) is 47.4 Å². The molecule has 0 saturated heterocycles. The zero-order valence-electron chi connectivity index (χ0n) is 11.6. The van der Waals surface area contributed by atoms with E-state index in [-0.39, 0.29) is 0 Å². The molecule has 1 aliphatic rings. The number of hydrogen-bond donors (Lipinski definition) is 1. The highest BCUT2D eigenvalue weighted by molar-refractivity contribution is 5.22. The summed E-state index contributed by atoms with van der Waals surface area (Å²) in [5.41, 5.74) is 3.42. The second-order valence-corrected chi connectivity index (χ2v) is 5.41. The summed E-state index contributed by atoms with van der Waals surface area (Å²) in [6, 6.07) is 0. The molecule has 0 aromatic carbocycles. The Balaban J connectivity index is 1.62. The summed E-state index contributed by atoms with van der Waals surface area (Å²) in [6.07, 6.45) is 2.37. The fourth-order valence-corrected chi connectivity index (χ4v) is 2.20. The molecule has 2 aromatic heterocycles. The van der Waals surface area contributed by atoms with E-state index in [2.05, 4.69) is 32.3 Å². The molecule has 0 amide bonds. The Morgan fingerprint density at radius 1 is 1.32 bits per heavy atom. The predicted molar refractivity (Wildman–Crippen MR) is 69.5 cm³/mol. The molecule has 6 heteroatoms. The number of aromatic amines is 1. The Kier molecular flexibility index (Phi) is 3.10. The maximum atomic E-state index is 5.27. The molecule has 0 unspecified atom stereocenters. The van der Waals surface area contributed by atoms with Crippen LogP contribution in [0.25, 0.3) is 0 Å². The molecule has 0 radical (unpaired) electrons. The molecule has 0 atom stereocenters. The van der Waals surface area contributed by atoms with Crippen molar-refractivity contribution in [2.45, 2.75) is 45.7 Å². The van der Waals surface area contributed by atoms with Crippen molar-refractivity contribution in [2.75, 3.05) is 7.05 Å². The second kappa shape index (κ2) is 4.77. The van der Waals surface area contributed by atoms with Gasteiger partial charge >= 0.3 is 0 Å². The normalized spacial score (nSPS) is 15.4. The minimum Gasteiger partial charge on any atom is -0.339 e. The summed E-state index contributed by atoms with van der Waals surface area (Å²) in [7, 11) is 2.05. The van der Waals surface area contributed by atoms with Crippen LogP contribution in [-0.2, 0) is 13.1 Å². The Morgan fingerprint density at radius 2 is 2.11 bits per heavy atom. The van der Waals surface area contributed by atoms with Gasteiger partial charge in [-0.3, -0.25) is 10.00 Å². The molecule has 6 nitrogen and oxygen atoms in total. The Hall–Kier alpha value is -1.69. The Labute approximate surface area is 112 Å². The van der Waals surface area contributed by atoms with E-state index in [4.69, 9.17) is 4.52 Å². The van der Waals surface area contributed by atoms with Gasteiger partial charge in [-0.05, 0) is 33.7 Å². The predicted octanol–water partition coefficient (Wildman–Crippen LogP) is 1.92. The number of nitrogens with one attached hydrogen (secondary N) is 1. The maximum Gasteiger partial charge on any atom is 0.229 e. The highest BCUT2D eigenvalue weighted by atomic mass is 16.5. The van der Waals surface area contributed by atoms with E-state index in [9.17, 15) is 0 Å². The van der Waals surface area contributed by atoms with Gasteiger partial charge in [0.15, 0.2) is 5.82 Å². The lowest BCUT2D eigenvalue weighted by atomic mass is 10.2. The number of rotatable bonds is 5. The molecular formula is C13H19N5O. The summed E-state index contributed by atoms with van der Waals surface area (Å²) < 4.78 is 5.27. The van der Waals surface area contributed by atoms with Gasteiger partial charge < -0.3 is 4.52 Å². The molecule has 3 rings (SSSR count). The van der Waals surface area contributed by atoms with Crippen molar-refractivity contribution in [1.29, 1.82) is 0 Å². The zero-order chi connectivity index (χ0) is 13.4. The van der Waals surface area contributed by atoms with Crippen molar-refractivity contribution in [3.8, 4) is 0 Å². The summed E-state index contributed by atoms with van der Waals surface area (Å²) in [4.78, 5) is 6.62. The first kappa shape index (κ1) is 12.3. The highest BCUT2D eigenvalue weighted by Gasteiger charge is 2.29. The fourth-order valence-electron chi connectivity index (χ4n) is 2.20. The fraction of sp³-hybridized carbons (Fsp3) is 0.615. The topological polar surface area (TPSA) is 70.8 Å². The number of hydrogen-bond acceptors (Lipinski definition) is 5. The molecule has 19 heavy (non-hydrogen) atoms. The first-order valence-electron chi connectivity index (χ1n) is 6.65. The van der Waals surface area contributed by atoms with Gasteiger partial charge in [-0.25, -0.2) is 0 Å². The van der Waals surface area contributed by atoms with E-state index < -0.39 is 0 Å². The van der Waals surface area contributed by atoms with Crippen LogP contribution in [0.5, 0.6) is 0 Å². The van der Waals surface area contributed by atoms with Gasteiger partial charge in [-0.15, -0.1) is 0 Å². The lowest BCUT2D eigenvalue weighted by Gasteiger charge is -2.14. The molecule has 0 spiro atoms. The van der Waals surface area contributed by atoms with Gasteiger partial charge in [-0.1, -0.05) is 5.16 Å². The zero-order valence-corrected chi connectivity index (χ0v) is 11.6. The maximum absolute atomic E-state index is 5.27. The van der Waals surface area contributed by atoms with Crippen LogP contribution in [0.2, 0.25) is 0 Å². The minimum atomic E-state index is 0.518. The van der Waals surface area contributed by atoms with E-state index in [0.29, 0.717) is 12.5 Å². The van der Waals surface area contributed by atoms with Crippen LogP contribution in [-0.4, -0.2) is 32.3 Å². The minimum absolute atomic E-state index is 0.518. The van der Waals surface area contributed by atoms with E-state index >= 15 is 0 Å². The van der Waals surface area contributed by atoms with E-state index in [1.807, 2.05) is 13.8 Å². The molecule has 1 saturated carbocycles. The standard InChI is InChI=1S/C13H19N5O/c1-8-11(9(2)16-15-8)6-18(3)7-12-14-13(19-17-12)10-4-5-10/h10H,4-7H2,1-3H3,(H,15,16). The highest BCUT2D eigenvalue weighted by Crippen LogP contribution is 2.38. The van der Waals surface area contributed by atoms with Crippen LogP contribution in [0.4, 0.5) is 0 Å². The Bertz CT molecular complexity index is 550. The van der Waals surface area contributed by atoms with Gasteiger partial charge in [0, 0.05) is 23.7 Å². The second-order valence-electron chi connectivity index (χ2n) is 5.41. The van der Waals surface area contributed by atoms with Crippen molar-refractivity contribution >= 4 is 0 Å². The molecule has 0 bridgehead atoms. The summed E-state index contributed by atoms with van der Waals surface area (Å²) in [6.45, 7) is 5.59. The summed E-state index contributed by atoms with van der Waals surface area (Å²) in [5.74, 6) is 2.09. The summed E-state index contributed by atoms with van der Waals surface area (Å²) in [5, 5.41) is 11.3. The molecule has 1 N–H and O–H groups in total. The van der Waals surface area contributed by atoms with Crippen LogP contribution < -0.4 is 0 Å². The first-order chi connectivity index (χ1) is 9.13. The third-order valence-corrected chi connectivity index (χ3v) is 3.53. The van der Waals surface area contributed by atoms with Gasteiger partial charge in [0.2, 0.25) is 5.89 Å².